The van der Waals surface area contributed by atoms with Crippen LogP contribution >= 0.6 is 0 Å². The highest BCUT2D eigenvalue weighted by Crippen LogP contribution is 2.37. The molecule has 0 aromatic heterocycles. The smallest absolute Gasteiger partial charge is 0.235 e. The topological polar surface area (TPSA) is 76.7 Å². The van der Waals surface area contributed by atoms with Crippen LogP contribution in [0.3, 0.4) is 0 Å². The monoisotopic (exact) mass is 368 g/mol. The first-order valence-electron chi connectivity index (χ1n) is 8.95. The van der Waals surface area contributed by atoms with Crippen molar-refractivity contribution in [3.05, 3.63) is 54.1 Å². The Balaban J connectivity index is 1.87. The first-order chi connectivity index (χ1) is 13.0. The van der Waals surface area contributed by atoms with E-state index in [0.29, 0.717) is 43.2 Å². The highest BCUT2D eigenvalue weighted by Gasteiger charge is 2.41. The second kappa shape index (κ2) is 8.22. The third-order valence-corrected chi connectivity index (χ3v) is 4.88. The Kier molecular flexibility index (Phi) is 5.76. The molecule has 1 heterocycles. The number of methoxy groups -OCH3 is 1. The Morgan fingerprint density at radius 1 is 1.04 bits per heavy atom. The molecule has 27 heavy (non-hydrogen) atoms. The second-order valence-corrected chi connectivity index (χ2v) is 6.61. The van der Waals surface area contributed by atoms with Crippen molar-refractivity contribution in [2.45, 2.75) is 25.2 Å². The Labute approximate surface area is 158 Å². The SMILES string of the molecule is COc1cc(NC(=O)C2(c3ccccc3)CCOCC2)ccc1NC(C)=O. The lowest BCUT2D eigenvalue weighted by Crippen LogP contribution is -2.44. The van der Waals surface area contributed by atoms with Crippen molar-refractivity contribution in [1.82, 2.24) is 0 Å². The van der Waals surface area contributed by atoms with Gasteiger partial charge in [-0.1, -0.05) is 30.3 Å². The van der Waals surface area contributed by atoms with Crippen molar-refractivity contribution < 1.29 is 19.1 Å². The number of nitrogens with one attached hydrogen (secondary N) is 2. The molecular weight excluding hydrogens is 344 g/mol. The zero-order chi connectivity index (χ0) is 19.3. The van der Waals surface area contributed by atoms with Gasteiger partial charge in [-0.3, -0.25) is 9.59 Å². The normalized spacial score (nSPS) is 15.6. The molecule has 142 valence electrons. The van der Waals surface area contributed by atoms with Crippen LogP contribution in [0.4, 0.5) is 11.4 Å². The average molecular weight is 368 g/mol. The summed E-state index contributed by atoms with van der Waals surface area (Å²) >= 11 is 0. The van der Waals surface area contributed by atoms with Crippen LogP contribution in [-0.2, 0) is 19.7 Å². The van der Waals surface area contributed by atoms with Crippen molar-refractivity contribution >= 4 is 23.2 Å². The Morgan fingerprint density at radius 3 is 2.37 bits per heavy atom. The van der Waals surface area contributed by atoms with Gasteiger partial charge in [0.25, 0.3) is 0 Å². The van der Waals surface area contributed by atoms with Gasteiger partial charge < -0.3 is 20.1 Å². The number of carbonyl (C=O) groups is 2. The van der Waals surface area contributed by atoms with Gasteiger partial charge >= 0.3 is 0 Å². The third-order valence-electron chi connectivity index (χ3n) is 4.88. The molecule has 2 amide bonds. The first-order valence-corrected chi connectivity index (χ1v) is 8.95. The molecule has 1 aliphatic rings. The molecule has 0 spiro atoms. The van der Waals surface area contributed by atoms with E-state index in [1.54, 1.807) is 18.2 Å². The molecule has 0 aliphatic carbocycles. The van der Waals surface area contributed by atoms with E-state index in [4.69, 9.17) is 9.47 Å². The molecule has 2 aromatic rings. The molecular formula is C21H24N2O4. The van der Waals surface area contributed by atoms with Crippen LogP contribution in [0.2, 0.25) is 0 Å². The van der Waals surface area contributed by atoms with E-state index in [9.17, 15) is 9.59 Å². The molecule has 6 heteroatoms. The number of anilines is 2. The van der Waals surface area contributed by atoms with Gasteiger partial charge in [0.05, 0.1) is 18.2 Å². The molecule has 0 unspecified atom stereocenters. The lowest BCUT2D eigenvalue weighted by molar-refractivity contribution is -0.125. The Hall–Kier alpha value is -2.86. The highest BCUT2D eigenvalue weighted by atomic mass is 16.5. The summed E-state index contributed by atoms with van der Waals surface area (Å²) in [6.45, 7) is 2.53. The van der Waals surface area contributed by atoms with Gasteiger partial charge in [-0.15, -0.1) is 0 Å². The largest absolute Gasteiger partial charge is 0.494 e. The van der Waals surface area contributed by atoms with E-state index in [0.717, 1.165) is 5.56 Å². The van der Waals surface area contributed by atoms with Crippen LogP contribution in [-0.4, -0.2) is 32.1 Å². The zero-order valence-electron chi connectivity index (χ0n) is 15.6. The standard InChI is InChI=1S/C21H24N2O4/c1-15(24)22-18-9-8-17(14-19(18)26-2)23-20(25)21(10-12-27-13-11-21)16-6-4-3-5-7-16/h3-9,14H,10-13H2,1-2H3,(H,22,24)(H,23,25). The third kappa shape index (κ3) is 4.11. The Bertz CT molecular complexity index is 814. The van der Waals surface area contributed by atoms with Crippen LogP contribution in [0, 0.1) is 0 Å². The van der Waals surface area contributed by atoms with Gasteiger partial charge in [0, 0.05) is 31.9 Å². The molecule has 1 aliphatic heterocycles. The predicted molar refractivity (Wildman–Crippen MR) is 104 cm³/mol. The molecule has 6 nitrogen and oxygen atoms in total. The minimum Gasteiger partial charge on any atom is -0.494 e. The number of hydrogen-bond donors (Lipinski definition) is 2. The van der Waals surface area contributed by atoms with Crippen molar-refractivity contribution in [3.8, 4) is 5.75 Å². The zero-order valence-corrected chi connectivity index (χ0v) is 15.6. The van der Waals surface area contributed by atoms with Gasteiger partial charge in [0.2, 0.25) is 11.8 Å². The predicted octanol–water partition coefficient (Wildman–Crippen LogP) is 3.34. The summed E-state index contributed by atoms with van der Waals surface area (Å²) in [4.78, 5) is 24.6. The molecule has 2 aromatic carbocycles. The van der Waals surface area contributed by atoms with Gasteiger partial charge in [-0.05, 0) is 30.5 Å². The summed E-state index contributed by atoms with van der Waals surface area (Å²) in [5.41, 5.74) is 1.55. The van der Waals surface area contributed by atoms with Crippen molar-refractivity contribution in [1.29, 1.82) is 0 Å². The van der Waals surface area contributed by atoms with Crippen LogP contribution in [0.1, 0.15) is 25.3 Å². The van der Waals surface area contributed by atoms with E-state index in [1.807, 2.05) is 30.3 Å². The fourth-order valence-electron chi connectivity index (χ4n) is 3.44. The van der Waals surface area contributed by atoms with Gasteiger partial charge in [-0.25, -0.2) is 0 Å². The molecule has 1 saturated heterocycles. The van der Waals surface area contributed by atoms with E-state index < -0.39 is 5.41 Å². The quantitative estimate of drug-likeness (QED) is 0.849. The number of hydrogen-bond acceptors (Lipinski definition) is 4. The van der Waals surface area contributed by atoms with Crippen LogP contribution in [0.25, 0.3) is 0 Å². The number of benzene rings is 2. The summed E-state index contributed by atoms with van der Waals surface area (Å²) in [5.74, 6) is 0.241. The van der Waals surface area contributed by atoms with Gasteiger partial charge in [0.1, 0.15) is 5.75 Å². The first kappa shape index (κ1) is 18.9. The van der Waals surface area contributed by atoms with E-state index in [2.05, 4.69) is 10.6 Å². The van der Waals surface area contributed by atoms with E-state index in [1.165, 1.54) is 14.0 Å². The second-order valence-electron chi connectivity index (χ2n) is 6.61. The molecule has 0 saturated carbocycles. The maximum absolute atomic E-state index is 13.3. The molecule has 0 atom stereocenters. The van der Waals surface area contributed by atoms with Crippen molar-refractivity contribution in [2.24, 2.45) is 0 Å². The van der Waals surface area contributed by atoms with Crippen LogP contribution in [0.5, 0.6) is 5.75 Å². The molecule has 2 N–H and O–H groups in total. The number of ether oxygens (including phenoxy) is 2. The number of carbonyl (C=O) groups excluding carboxylic acids is 2. The van der Waals surface area contributed by atoms with E-state index in [-0.39, 0.29) is 11.8 Å². The summed E-state index contributed by atoms with van der Waals surface area (Å²) in [6.07, 6.45) is 1.26. The molecule has 1 fully saturated rings. The minimum absolute atomic E-state index is 0.0636. The fourth-order valence-corrected chi connectivity index (χ4v) is 3.44. The maximum atomic E-state index is 13.3. The minimum atomic E-state index is -0.622. The number of rotatable bonds is 5. The van der Waals surface area contributed by atoms with Gasteiger partial charge in [0.15, 0.2) is 0 Å². The molecule has 3 rings (SSSR count). The lowest BCUT2D eigenvalue weighted by atomic mass is 9.73. The summed E-state index contributed by atoms with van der Waals surface area (Å²) in [5, 5.41) is 5.73. The lowest BCUT2D eigenvalue weighted by Gasteiger charge is -2.36. The Morgan fingerprint density at radius 2 is 1.74 bits per heavy atom. The summed E-state index contributed by atoms with van der Waals surface area (Å²) < 4.78 is 10.8. The molecule has 0 radical (unpaired) electrons. The highest BCUT2D eigenvalue weighted by molar-refractivity contribution is 6.00. The van der Waals surface area contributed by atoms with Crippen LogP contribution in [0.15, 0.2) is 48.5 Å². The molecule has 0 bridgehead atoms. The van der Waals surface area contributed by atoms with Crippen molar-refractivity contribution in [2.75, 3.05) is 31.0 Å². The summed E-state index contributed by atoms with van der Waals surface area (Å²) in [6, 6.07) is 15.0. The van der Waals surface area contributed by atoms with Gasteiger partial charge in [-0.2, -0.15) is 0 Å². The summed E-state index contributed by atoms with van der Waals surface area (Å²) in [7, 11) is 1.52. The fraction of sp³-hybridized carbons (Fsp3) is 0.333. The average Bonchev–Trinajstić information content (AvgIpc) is 2.70. The maximum Gasteiger partial charge on any atom is 0.235 e. The van der Waals surface area contributed by atoms with E-state index >= 15 is 0 Å². The van der Waals surface area contributed by atoms with Crippen LogP contribution < -0.4 is 15.4 Å². The number of amides is 2. The van der Waals surface area contributed by atoms with Crippen molar-refractivity contribution in [3.63, 3.8) is 0 Å².